The van der Waals surface area contributed by atoms with E-state index in [1.54, 1.807) is 0 Å². The molecule has 0 saturated heterocycles. The number of hydrogen-bond donors (Lipinski definition) is 0. The quantitative estimate of drug-likeness (QED) is 0.582. The SMILES string of the molecule is N#CCCCS(=O)(=O)CC(=O)c1ccc(F)cc1. The summed E-state index contributed by atoms with van der Waals surface area (Å²) in [6.07, 6.45) is 0.361. The molecule has 0 N–H and O–H groups in total. The number of carbonyl (C=O) groups is 1. The van der Waals surface area contributed by atoms with Gasteiger partial charge in [-0.05, 0) is 30.7 Å². The largest absolute Gasteiger partial charge is 0.293 e. The van der Waals surface area contributed by atoms with Crippen LogP contribution in [0.3, 0.4) is 0 Å². The van der Waals surface area contributed by atoms with Gasteiger partial charge in [0.2, 0.25) is 0 Å². The molecular formula is C12H12FNO3S. The number of rotatable bonds is 6. The number of Topliss-reactive ketones (excluding diaryl/α,β-unsaturated/α-hetero) is 1. The van der Waals surface area contributed by atoms with E-state index in [4.69, 9.17) is 5.26 Å². The van der Waals surface area contributed by atoms with Crippen LogP contribution in [0.4, 0.5) is 4.39 Å². The van der Waals surface area contributed by atoms with Crippen molar-refractivity contribution in [2.45, 2.75) is 12.8 Å². The minimum absolute atomic E-state index is 0.143. The minimum Gasteiger partial charge on any atom is -0.293 e. The number of benzene rings is 1. The van der Waals surface area contributed by atoms with Crippen LogP contribution >= 0.6 is 0 Å². The molecule has 18 heavy (non-hydrogen) atoms. The molecule has 0 spiro atoms. The summed E-state index contributed by atoms with van der Waals surface area (Å²) in [6, 6.07) is 6.56. The molecule has 0 radical (unpaired) electrons. The third-order valence-corrected chi connectivity index (χ3v) is 3.87. The van der Waals surface area contributed by atoms with Gasteiger partial charge in [0.05, 0.1) is 11.8 Å². The molecule has 0 atom stereocenters. The van der Waals surface area contributed by atoms with Crippen molar-refractivity contribution in [1.82, 2.24) is 0 Å². The van der Waals surface area contributed by atoms with Gasteiger partial charge in [-0.2, -0.15) is 5.26 Å². The number of nitriles is 1. The van der Waals surface area contributed by atoms with Crippen LogP contribution < -0.4 is 0 Å². The number of halogens is 1. The van der Waals surface area contributed by atoms with E-state index in [-0.39, 0.29) is 24.2 Å². The number of carbonyl (C=O) groups excluding carboxylic acids is 1. The van der Waals surface area contributed by atoms with Crippen molar-refractivity contribution in [3.05, 3.63) is 35.6 Å². The fourth-order valence-corrected chi connectivity index (χ4v) is 2.66. The summed E-state index contributed by atoms with van der Waals surface area (Å²) in [5.74, 6) is -1.84. The summed E-state index contributed by atoms with van der Waals surface area (Å²) in [4.78, 5) is 11.6. The Kier molecular flexibility index (Phi) is 4.98. The maximum atomic E-state index is 12.6. The predicted molar refractivity (Wildman–Crippen MR) is 64.2 cm³/mol. The van der Waals surface area contributed by atoms with Crippen LogP contribution in [0.2, 0.25) is 0 Å². The molecule has 0 aliphatic heterocycles. The Hall–Kier alpha value is -1.74. The van der Waals surface area contributed by atoms with E-state index in [9.17, 15) is 17.6 Å². The zero-order valence-corrected chi connectivity index (χ0v) is 10.4. The summed E-state index contributed by atoms with van der Waals surface area (Å²) < 4.78 is 35.7. The molecule has 6 heteroatoms. The average molecular weight is 269 g/mol. The molecule has 96 valence electrons. The highest BCUT2D eigenvalue weighted by Crippen LogP contribution is 2.06. The predicted octanol–water partition coefficient (Wildman–Crippen LogP) is 1.73. The highest BCUT2D eigenvalue weighted by Gasteiger charge is 2.17. The van der Waals surface area contributed by atoms with E-state index in [1.807, 2.05) is 6.07 Å². The van der Waals surface area contributed by atoms with Crippen LogP contribution in [0.1, 0.15) is 23.2 Å². The molecular weight excluding hydrogens is 257 g/mol. The van der Waals surface area contributed by atoms with Gasteiger partial charge in [-0.3, -0.25) is 4.79 Å². The lowest BCUT2D eigenvalue weighted by molar-refractivity contribution is 0.102. The Bertz CT molecular complexity index is 558. The zero-order chi connectivity index (χ0) is 13.6. The topological polar surface area (TPSA) is 75.0 Å². The highest BCUT2D eigenvalue weighted by molar-refractivity contribution is 7.92. The van der Waals surface area contributed by atoms with E-state index in [0.29, 0.717) is 0 Å². The number of nitrogens with zero attached hydrogens (tertiary/aromatic N) is 1. The summed E-state index contributed by atoms with van der Waals surface area (Å²) in [5.41, 5.74) is 0.167. The number of sulfone groups is 1. The first-order valence-corrected chi connectivity index (χ1v) is 7.13. The zero-order valence-electron chi connectivity index (χ0n) is 9.60. The van der Waals surface area contributed by atoms with Crippen molar-refractivity contribution in [2.75, 3.05) is 11.5 Å². The number of unbranched alkanes of at least 4 members (excludes halogenated alkanes) is 1. The van der Waals surface area contributed by atoms with Crippen LogP contribution in [0.15, 0.2) is 24.3 Å². The molecule has 1 aromatic rings. The van der Waals surface area contributed by atoms with Crippen molar-refractivity contribution < 1.29 is 17.6 Å². The molecule has 1 rings (SSSR count). The first-order valence-electron chi connectivity index (χ1n) is 5.31. The van der Waals surface area contributed by atoms with E-state index in [0.717, 1.165) is 12.1 Å². The molecule has 0 saturated carbocycles. The van der Waals surface area contributed by atoms with E-state index in [1.165, 1.54) is 12.1 Å². The maximum Gasteiger partial charge on any atom is 0.177 e. The Labute approximate surface area is 105 Å². The van der Waals surface area contributed by atoms with Crippen molar-refractivity contribution >= 4 is 15.6 Å². The van der Waals surface area contributed by atoms with Crippen molar-refractivity contribution in [1.29, 1.82) is 5.26 Å². The lowest BCUT2D eigenvalue weighted by atomic mass is 10.1. The number of ketones is 1. The first kappa shape index (κ1) is 14.3. The third kappa shape index (κ3) is 4.63. The maximum absolute atomic E-state index is 12.6. The highest BCUT2D eigenvalue weighted by atomic mass is 32.2. The van der Waals surface area contributed by atoms with Gasteiger partial charge in [-0.25, -0.2) is 12.8 Å². The Morgan fingerprint density at radius 3 is 2.44 bits per heavy atom. The summed E-state index contributed by atoms with van der Waals surface area (Å²) >= 11 is 0. The Balaban J connectivity index is 2.64. The van der Waals surface area contributed by atoms with Crippen molar-refractivity contribution in [3.63, 3.8) is 0 Å². The van der Waals surface area contributed by atoms with E-state index < -0.39 is 27.2 Å². The monoisotopic (exact) mass is 269 g/mol. The second-order valence-corrected chi connectivity index (χ2v) is 5.97. The van der Waals surface area contributed by atoms with Crippen LogP contribution in [0.25, 0.3) is 0 Å². The van der Waals surface area contributed by atoms with Gasteiger partial charge >= 0.3 is 0 Å². The fraction of sp³-hybridized carbons (Fsp3) is 0.333. The average Bonchev–Trinajstić information content (AvgIpc) is 2.29. The molecule has 0 fully saturated rings. The second-order valence-electron chi connectivity index (χ2n) is 3.78. The van der Waals surface area contributed by atoms with Gasteiger partial charge in [0.1, 0.15) is 11.6 Å². The Morgan fingerprint density at radius 1 is 1.28 bits per heavy atom. The molecule has 0 aliphatic carbocycles. The number of hydrogen-bond acceptors (Lipinski definition) is 4. The van der Waals surface area contributed by atoms with Crippen molar-refractivity contribution in [3.8, 4) is 6.07 Å². The molecule has 0 heterocycles. The summed E-state index contributed by atoms with van der Waals surface area (Å²) in [7, 11) is -3.51. The first-order chi connectivity index (χ1) is 8.44. The summed E-state index contributed by atoms with van der Waals surface area (Å²) in [6.45, 7) is 0. The molecule has 0 bridgehead atoms. The smallest absolute Gasteiger partial charge is 0.177 e. The van der Waals surface area contributed by atoms with Gasteiger partial charge in [-0.1, -0.05) is 0 Å². The lowest BCUT2D eigenvalue weighted by Crippen LogP contribution is -2.19. The standard InChI is InChI=1S/C12H12FNO3S/c13-11-5-3-10(4-6-11)12(15)9-18(16,17)8-2-1-7-14/h3-6H,1-2,8-9H2. The Morgan fingerprint density at radius 2 is 1.89 bits per heavy atom. The molecule has 4 nitrogen and oxygen atoms in total. The molecule has 0 unspecified atom stereocenters. The third-order valence-electron chi connectivity index (χ3n) is 2.26. The van der Waals surface area contributed by atoms with E-state index >= 15 is 0 Å². The van der Waals surface area contributed by atoms with Gasteiger partial charge in [0.25, 0.3) is 0 Å². The summed E-state index contributed by atoms with van der Waals surface area (Å²) in [5, 5.41) is 8.30. The van der Waals surface area contributed by atoms with Crippen LogP contribution in [-0.4, -0.2) is 25.7 Å². The van der Waals surface area contributed by atoms with Gasteiger partial charge in [0, 0.05) is 12.0 Å². The molecule has 0 aromatic heterocycles. The molecule has 1 aromatic carbocycles. The van der Waals surface area contributed by atoms with Crippen LogP contribution in [-0.2, 0) is 9.84 Å². The van der Waals surface area contributed by atoms with Gasteiger partial charge in [0.15, 0.2) is 15.6 Å². The van der Waals surface area contributed by atoms with Crippen molar-refractivity contribution in [2.24, 2.45) is 0 Å². The normalized spacial score (nSPS) is 10.9. The second kappa shape index (κ2) is 6.26. The molecule has 0 amide bonds. The van der Waals surface area contributed by atoms with Gasteiger partial charge in [-0.15, -0.1) is 0 Å². The van der Waals surface area contributed by atoms with Crippen LogP contribution in [0, 0.1) is 17.1 Å². The fourth-order valence-electron chi connectivity index (χ4n) is 1.36. The van der Waals surface area contributed by atoms with Crippen LogP contribution in [0.5, 0.6) is 0 Å². The van der Waals surface area contributed by atoms with E-state index in [2.05, 4.69) is 0 Å². The lowest BCUT2D eigenvalue weighted by Gasteiger charge is -2.02. The molecule has 0 aliphatic rings. The minimum atomic E-state index is -3.51. The van der Waals surface area contributed by atoms with Gasteiger partial charge < -0.3 is 0 Å².